The van der Waals surface area contributed by atoms with E-state index in [1.165, 1.54) is 85.0 Å². The third-order valence-electron chi connectivity index (χ3n) is 27.3. The van der Waals surface area contributed by atoms with E-state index >= 15 is 0 Å². The van der Waals surface area contributed by atoms with Crippen LogP contribution in [0.4, 0.5) is 0 Å². The molecule has 0 bridgehead atoms. The Morgan fingerprint density at radius 3 is 1.27 bits per heavy atom. The number of phenols is 8. The third-order valence-corrected chi connectivity index (χ3v) is 27.3. The number of aliphatic hydroxyl groups is 1. The predicted octanol–water partition coefficient (Wildman–Crippen LogP) is 14.6. The number of aliphatic hydroxyl groups excluding tert-OH is 1. The molecule has 21 atom stereocenters. The number of phenolic OH excluding ortho intramolecular Hbond substituents is 8. The summed E-state index contributed by atoms with van der Waals surface area (Å²) in [6.07, 6.45) is 22.8. The van der Waals surface area contributed by atoms with E-state index < -0.39 is 53.4 Å². The highest BCUT2D eigenvalue weighted by Crippen LogP contribution is 2.71. The second-order valence-corrected chi connectivity index (χ2v) is 32.7. The molecule has 12 unspecified atom stereocenters. The lowest BCUT2D eigenvalue weighted by molar-refractivity contribution is -0.216. The van der Waals surface area contributed by atoms with Crippen LogP contribution in [0.1, 0.15) is 186 Å². The van der Waals surface area contributed by atoms with E-state index in [0.717, 1.165) is 70.6 Å². The van der Waals surface area contributed by atoms with Crippen molar-refractivity contribution < 1.29 is 104 Å². The van der Waals surface area contributed by atoms with Gasteiger partial charge in [0.2, 0.25) is 0 Å². The molecule has 8 aliphatic carbocycles. The average molecular weight is 1450 g/mol. The van der Waals surface area contributed by atoms with Crippen LogP contribution >= 0.6 is 0 Å². The summed E-state index contributed by atoms with van der Waals surface area (Å²) < 4.78 is 24.7. The molecule has 21 heteroatoms. The summed E-state index contributed by atoms with van der Waals surface area (Å²) in [5.74, 6) is -3.57. The van der Waals surface area contributed by atoms with Crippen molar-refractivity contribution in [1.82, 2.24) is 0 Å². The number of hydrogen-bond acceptors (Lipinski definition) is 19. The third kappa shape index (κ3) is 16.4. The molecular formula is C84H104O21. The topological polar surface area (TPSA) is 362 Å². The van der Waals surface area contributed by atoms with E-state index in [0.29, 0.717) is 84.5 Å². The molecule has 11 N–H and O–H groups in total. The minimum absolute atomic E-state index is 0.0242. The largest absolute Gasteiger partial charge is 0.504 e. The fraction of sp³-hybridized carbons (Fsp3) is 0.548. The van der Waals surface area contributed by atoms with Gasteiger partial charge in [-0.1, -0.05) is 65.8 Å². The van der Waals surface area contributed by atoms with Crippen molar-refractivity contribution in [2.24, 2.45) is 92.7 Å². The first kappa shape index (κ1) is 77.1. The number of carboxylic acid groups (broad SMARTS) is 2. The highest BCUT2D eigenvalue weighted by molar-refractivity contribution is 5.89. The molecular weight excluding hydrogens is 1340 g/mol. The Labute approximate surface area is 613 Å². The van der Waals surface area contributed by atoms with Gasteiger partial charge in [0.05, 0.1) is 6.10 Å². The molecule has 0 spiro atoms. The number of rotatable bonds is 20. The number of benzene rings is 4. The highest BCUT2D eigenvalue weighted by atomic mass is 16.6. The summed E-state index contributed by atoms with van der Waals surface area (Å²) in [5.41, 5.74) is 1.16. The molecule has 8 aliphatic rings. The number of esters is 4. The van der Waals surface area contributed by atoms with Crippen LogP contribution < -0.4 is 0 Å². The van der Waals surface area contributed by atoms with Crippen molar-refractivity contribution in [2.75, 3.05) is 0 Å². The molecule has 0 saturated heterocycles. The van der Waals surface area contributed by atoms with Crippen molar-refractivity contribution in [3.05, 3.63) is 119 Å². The summed E-state index contributed by atoms with van der Waals surface area (Å²) in [5, 5.41) is 109. The van der Waals surface area contributed by atoms with Gasteiger partial charge in [-0.3, -0.25) is 9.59 Å². The zero-order valence-electron chi connectivity index (χ0n) is 60.8. The van der Waals surface area contributed by atoms with Gasteiger partial charge in [0.25, 0.3) is 0 Å². The molecule has 8 saturated carbocycles. The molecule has 0 heterocycles. The Hall–Kier alpha value is -8.98. The second-order valence-electron chi connectivity index (χ2n) is 32.7. The van der Waals surface area contributed by atoms with E-state index in [-0.39, 0.29) is 141 Å². The first-order chi connectivity index (χ1) is 49.8. The summed E-state index contributed by atoms with van der Waals surface area (Å²) in [6, 6.07) is 17.2. The van der Waals surface area contributed by atoms with Gasteiger partial charge < -0.3 is 75.1 Å². The maximum absolute atomic E-state index is 13.5. The van der Waals surface area contributed by atoms with E-state index in [1.54, 1.807) is 36.4 Å². The van der Waals surface area contributed by atoms with Crippen LogP contribution in [0.2, 0.25) is 0 Å². The van der Waals surface area contributed by atoms with E-state index in [2.05, 4.69) is 41.5 Å². The van der Waals surface area contributed by atoms with Gasteiger partial charge in [0.15, 0.2) is 46.0 Å². The number of aliphatic carboxylic acids is 2. The lowest BCUT2D eigenvalue weighted by Gasteiger charge is -2.64. The van der Waals surface area contributed by atoms with Gasteiger partial charge in [-0.05, 0) is 286 Å². The van der Waals surface area contributed by atoms with Gasteiger partial charge in [0, 0.05) is 48.5 Å². The van der Waals surface area contributed by atoms with Crippen LogP contribution in [0, 0.1) is 92.7 Å². The van der Waals surface area contributed by atoms with E-state index in [4.69, 9.17) is 18.9 Å². The molecule has 12 rings (SSSR count). The normalized spacial score (nSPS) is 33.7. The lowest BCUT2D eigenvalue weighted by Crippen LogP contribution is -2.63. The van der Waals surface area contributed by atoms with Gasteiger partial charge >= 0.3 is 35.8 Å². The van der Waals surface area contributed by atoms with Crippen LogP contribution in [0.25, 0.3) is 24.3 Å². The summed E-state index contributed by atoms with van der Waals surface area (Å²) in [4.78, 5) is 75.8. The minimum atomic E-state index is -0.829. The molecule has 105 heavy (non-hydrogen) atoms. The summed E-state index contributed by atoms with van der Waals surface area (Å²) >= 11 is 0. The molecule has 0 radical (unpaired) electrons. The molecule has 4 aromatic rings. The number of carbonyl (C=O) groups excluding carboxylic acids is 4. The minimum Gasteiger partial charge on any atom is -0.504 e. The molecule has 0 aliphatic heterocycles. The molecule has 4 aromatic carbocycles. The van der Waals surface area contributed by atoms with E-state index in [1.807, 2.05) is 0 Å². The maximum Gasteiger partial charge on any atom is 0.331 e. The SMILES string of the molecule is CC(CCC(=O)O)C1CCC2C3C(C[C@H](O)[C@]12C)[C@@]1(C)CC[C@@H](OC(=O)/C=C/c2ccc(O)c(O)c2)CC1C[C@H]3OC(=O)/C=C/c1ccc(O)c(O)c1.CC(CCC(=O)O)C1CCC2C3CCC4C[C@H](OC(=O)/C=C/c5ccc(O)c(O)c5)CC[C@]4(C)C3C[C@H](OC(=O)/C=C/c3ccc(O)c(O)c3)[C@]12C. The molecule has 0 amide bonds. The quantitative estimate of drug-likeness (QED) is 0.0169. The number of carboxylic acids is 2. The Morgan fingerprint density at radius 1 is 0.429 bits per heavy atom. The van der Waals surface area contributed by atoms with Gasteiger partial charge in [-0.25, -0.2) is 19.2 Å². The number of aromatic hydroxyl groups is 8. The summed E-state index contributed by atoms with van der Waals surface area (Å²) in [6.45, 7) is 13.3. The van der Waals surface area contributed by atoms with Crippen LogP contribution in [-0.2, 0) is 47.7 Å². The van der Waals surface area contributed by atoms with Crippen LogP contribution in [0.3, 0.4) is 0 Å². The first-order valence-corrected chi connectivity index (χ1v) is 37.5. The predicted molar refractivity (Wildman–Crippen MR) is 389 cm³/mol. The van der Waals surface area contributed by atoms with Crippen LogP contribution in [0.15, 0.2) is 97.1 Å². The highest BCUT2D eigenvalue weighted by Gasteiger charge is 2.68. The van der Waals surface area contributed by atoms with Crippen molar-refractivity contribution in [3.63, 3.8) is 0 Å². The Morgan fingerprint density at radius 2 is 0.829 bits per heavy atom. The zero-order valence-corrected chi connectivity index (χ0v) is 60.8. The first-order valence-electron chi connectivity index (χ1n) is 37.5. The Kier molecular flexibility index (Phi) is 23.2. The van der Waals surface area contributed by atoms with Crippen LogP contribution in [-0.4, -0.2) is 123 Å². The van der Waals surface area contributed by atoms with Crippen molar-refractivity contribution in [2.45, 2.75) is 194 Å². The monoisotopic (exact) mass is 1450 g/mol. The van der Waals surface area contributed by atoms with Crippen molar-refractivity contribution in [3.8, 4) is 46.0 Å². The number of ether oxygens (including phenoxy) is 4. The van der Waals surface area contributed by atoms with Crippen molar-refractivity contribution in [1.29, 1.82) is 0 Å². The molecule has 566 valence electrons. The van der Waals surface area contributed by atoms with Gasteiger partial charge in [-0.15, -0.1) is 0 Å². The average Bonchev–Trinajstić information content (AvgIpc) is 1.68. The fourth-order valence-electron chi connectivity index (χ4n) is 21.8. The molecule has 21 nitrogen and oxygen atoms in total. The summed E-state index contributed by atoms with van der Waals surface area (Å²) in [7, 11) is 0. The van der Waals surface area contributed by atoms with Gasteiger partial charge in [-0.2, -0.15) is 0 Å². The molecule has 0 aromatic heterocycles. The fourth-order valence-corrected chi connectivity index (χ4v) is 21.8. The zero-order chi connectivity index (χ0) is 75.6. The number of carbonyl (C=O) groups is 6. The second kappa shape index (κ2) is 31.6. The molecule has 8 fully saturated rings. The maximum atomic E-state index is 13.5. The Balaban J connectivity index is 0.000000210. The van der Waals surface area contributed by atoms with Gasteiger partial charge in [0.1, 0.15) is 24.4 Å². The lowest BCUT2D eigenvalue weighted by atomic mass is 9.43. The number of hydrogen-bond donors (Lipinski definition) is 11. The van der Waals surface area contributed by atoms with Crippen molar-refractivity contribution >= 4 is 60.1 Å². The standard InChI is InChI=1S/C42H52O11.C42H52O10/c1-23(4-13-37(48)49)28-9-10-29-40-30(22-36(47)42(28,29)3)41(2)17-16-27(52-38(50)14-7-24-5-11-31(43)33(45)18-24)20-26(41)21-35(40)53-39(51)15-8-25-6-12-32(44)34(46)19-25;1-24(4-15-38(47)48)30-11-12-31-29-10-9-27-22-28(51-39(49)16-7-25-5-13-33(43)35(45)20-25)18-19-41(27,2)32(29)23-37(42(30,31)3)52-40(50)17-8-26-6-14-34(44)36(46)21-26/h5-8,11-12,14-15,18-19,23,26-30,35-36,40,43-47H,4,9-10,13,16-17,20-22H2,1-3H3,(H,48,49);5-8,13-14,16-17,20-21,24,27-32,37,43-46H,4,9-12,15,18-19,22-23H2,1-3H3,(H,47,48)/b14-7+,15-8+;16-7+,17-8+/t23?,26?,27-,28?,29?,30?,35-,36+,40?,41+,42-;24?,27?,28-,29?,30?,31?,32?,37+,41+,42-/m11/s1. The smallest absolute Gasteiger partial charge is 0.331 e. The Bertz CT molecular complexity index is 4000. The van der Waals surface area contributed by atoms with Crippen LogP contribution in [0.5, 0.6) is 46.0 Å². The number of fused-ring (bicyclic) bond motifs is 10. The van der Waals surface area contributed by atoms with E-state index in [9.17, 15) is 84.9 Å².